The first-order chi connectivity index (χ1) is 6.14. The van der Waals surface area contributed by atoms with Crippen molar-refractivity contribution in [3.8, 4) is 5.75 Å². The highest BCUT2D eigenvalue weighted by Crippen LogP contribution is 2.19. The van der Waals surface area contributed by atoms with Crippen molar-refractivity contribution in [3.63, 3.8) is 0 Å². The average molecular weight is 196 g/mol. The van der Waals surface area contributed by atoms with Crippen LogP contribution in [0.3, 0.4) is 0 Å². The third-order valence-corrected chi connectivity index (χ3v) is 2.66. The molecule has 0 aliphatic rings. The third-order valence-electron chi connectivity index (χ3n) is 1.80. The van der Waals surface area contributed by atoms with E-state index < -0.39 is 0 Å². The van der Waals surface area contributed by atoms with Gasteiger partial charge in [0.15, 0.2) is 0 Å². The van der Waals surface area contributed by atoms with Crippen molar-refractivity contribution < 1.29 is 4.74 Å². The van der Waals surface area contributed by atoms with Crippen LogP contribution in [0.15, 0.2) is 30.3 Å². The highest BCUT2D eigenvalue weighted by atomic mass is 32.1. The minimum atomic E-state index is 0.138. The largest absolute Gasteiger partial charge is 0.493 e. The minimum Gasteiger partial charge on any atom is -0.493 e. The van der Waals surface area contributed by atoms with Crippen molar-refractivity contribution in [1.29, 1.82) is 0 Å². The molecule has 0 heterocycles. The number of thiol groups is 1. The Morgan fingerprint density at radius 2 is 1.85 bits per heavy atom. The molecule has 0 aliphatic heterocycles. The lowest BCUT2D eigenvalue weighted by atomic mass is 9.98. The van der Waals surface area contributed by atoms with E-state index in [1.165, 1.54) is 0 Å². The van der Waals surface area contributed by atoms with E-state index in [9.17, 15) is 0 Å². The first-order valence-corrected chi connectivity index (χ1v) is 5.06. The maximum Gasteiger partial charge on any atom is 0.119 e. The van der Waals surface area contributed by atoms with Crippen LogP contribution in [0.2, 0.25) is 0 Å². The number of hydrogen-bond donors (Lipinski definition) is 1. The fraction of sp³-hybridized carbons (Fsp3) is 0.455. The van der Waals surface area contributed by atoms with Crippen molar-refractivity contribution >= 4 is 12.6 Å². The molecule has 1 aromatic rings. The zero-order valence-electron chi connectivity index (χ0n) is 8.16. The summed E-state index contributed by atoms with van der Waals surface area (Å²) in [5, 5.41) is 0. The lowest BCUT2D eigenvalue weighted by molar-refractivity contribution is 0.202. The van der Waals surface area contributed by atoms with Gasteiger partial charge in [0.1, 0.15) is 5.75 Å². The van der Waals surface area contributed by atoms with Gasteiger partial charge in [-0.15, -0.1) is 0 Å². The van der Waals surface area contributed by atoms with Crippen LogP contribution in [0.4, 0.5) is 0 Å². The quantitative estimate of drug-likeness (QED) is 0.728. The first kappa shape index (κ1) is 10.5. The van der Waals surface area contributed by atoms with E-state index in [0.29, 0.717) is 6.61 Å². The summed E-state index contributed by atoms with van der Waals surface area (Å²) in [6.07, 6.45) is 0. The Labute approximate surface area is 85.5 Å². The van der Waals surface area contributed by atoms with Gasteiger partial charge in [0, 0.05) is 5.41 Å². The van der Waals surface area contributed by atoms with Gasteiger partial charge in [-0.3, -0.25) is 0 Å². The molecule has 1 rings (SSSR count). The highest BCUT2D eigenvalue weighted by molar-refractivity contribution is 7.80. The van der Waals surface area contributed by atoms with Crippen molar-refractivity contribution in [2.75, 3.05) is 12.4 Å². The predicted molar refractivity (Wildman–Crippen MR) is 59.6 cm³/mol. The summed E-state index contributed by atoms with van der Waals surface area (Å²) in [6.45, 7) is 4.99. The molecule has 0 saturated carbocycles. The van der Waals surface area contributed by atoms with E-state index in [0.717, 1.165) is 11.5 Å². The van der Waals surface area contributed by atoms with E-state index in [1.54, 1.807) is 0 Å². The van der Waals surface area contributed by atoms with Gasteiger partial charge in [0.2, 0.25) is 0 Å². The van der Waals surface area contributed by atoms with E-state index >= 15 is 0 Å². The van der Waals surface area contributed by atoms with Crippen molar-refractivity contribution in [1.82, 2.24) is 0 Å². The second-order valence-electron chi connectivity index (χ2n) is 3.92. The van der Waals surface area contributed by atoms with Gasteiger partial charge >= 0.3 is 0 Å². The molecule has 0 amide bonds. The van der Waals surface area contributed by atoms with Crippen LogP contribution in [0.5, 0.6) is 5.75 Å². The molecule has 72 valence electrons. The molecule has 0 atom stereocenters. The topological polar surface area (TPSA) is 9.23 Å². The van der Waals surface area contributed by atoms with Crippen LogP contribution >= 0.6 is 12.6 Å². The molecule has 0 aromatic heterocycles. The lowest BCUT2D eigenvalue weighted by Crippen LogP contribution is -2.23. The Morgan fingerprint density at radius 1 is 1.23 bits per heavy atom. The Balaban J connectivity index is 2.44. The molecule has 1 aromatic carbocycles. The Kier molecular flexibility index (Phi) is 3.67. The molecule has 1 nitrogen and oxygen atoms in total. The molecule has 0 radical (unpaired) electrons. The fourth-order valence-corrected chi connectivity index (χ4v) is 0.932. The average Bonchev–Trinajstić information content (AvgIpc) is 2.17. The van der Waals surface area contributed by atoms with Gasteiger partial charge in [-0.25, -0.2) is 0 Å². The van der Waals surface area contributed by atoms with Crippen LogP contribution in [-0.4, -0.2) is 12.4 Å². The van der Waals surface area contributed by atoms with Crippen molar-refractivity contribution in [2.24, 2.45) is 5.41 Å². The normalized spacial score (nSPS) is 11.3. The maximum absolute atomic E-state index is 5.61. The molecule has 13 heavy (non-hydrogen) atoms. The molecule has 0 fully saturated rings. The molecule has 0 N–H and O–H groups in total. The summed E-state index contributed by atoms with van der Waals surface area (Å²) in [5.41, 5.74) is 0.138. The number of ether oxygens (including phenoxy) is 1. The molecular weight excluding hydrogens is 180 g/mol. The van der Waals surface area contributed by atoms with Gasteiger partial charge in [-0.05, 0) is 17.9 Å². The Hall–Kier alpha value is -0.630. The lowest BCUT2D eigenvalue weighted by Gasteiger charge is -2.21. The van der Waals surface area contributed by atoms with Crippen LogP contribution < -0.4 is 4.74 Å². The molecule has 0 spiro atoms. The number of benzene rings is 1. The monoisotopic (exact) mass is 196 g/mol. The Bertz CT molecular complexity index is 244. The highest BCUT2D eigenvalue weighted by Gasteiger charge is 2.16. The smallest absolute Gasteiger partial charge is 0.119 e. The van der Waals surface area contributed by atoms with Crippen LogP contribution in [0.1, 0.15) is 13.8 Å². The summed E-state index contributed by atoms with van der Waals surface area (Å²) in [5.74, 6) is 1.76. The number of rotatable bonds is 4. The molecule has 0 unspecified atom stereocenters. The summed E-state index contributed by atoms with van der Waals surface area (Å²) >= 11 is 4.27. The van der Waals surface area contributed by atoms with Gasteiger partial charge in [-0.2, -0.15) is 12.6 Å². The van der Waals surface area contributed by atoms with E-state index in [-0.39, 0.29) is 5.41 Å². The SMILES string of the molecule is CC(C)(CS)COc1ccccc1. The standard InChI is InChI=1S/C11H16OS/c1-11(2,9-13)8-12-10-6-4-3-5-7-10/h3-7,13H,8-9H2,1-2H3. The van der Waals surface area contributed by atoms with Crippen LogP contribution in [0.25, 0.3) is 0 Å². The van der Waals surface area contributed by atoms with Crippen LogP contribution in [-0.2, 0) is 0 Å². The van der Waals surface area contributed by atoms with E-state index in [4.69, 9.17) is 4.74 Å². The molecular formula is C11H16OS. The fourth-order valence-electron chi connectivity index (χ4n) is 0.841. The summed E-state index contributed by atoms with van der Waals surface area (Å²) in [4.78, 5) is 0. The molecule has 0 bridgehead atoms. The Morgan fingerprint density at radius 3 is 2.38 bits per heavy atom. The van der Waals surface area contributed by atoms with Crippen molar-refractivity contribution in [3.05, 3.63) is 30.3 Å². The van der Waals surface area contributed by atoms with E-state index in [2.05, 4.69) is 26.5 Å². The molecule has 0 aliphatic carbocycles. The molecule has 2 heteroatoms. The number of hydrogen-bond acceptors (Lipinski definition) is 2. The van der Waals surface area contributed by atoms with Gasteiger partial charge in [-0.1, -0.05) is 32.0 Å². The van der Waals surface area contributed by atoms with E-state index in [1.807, 2.05) is 30.3 Å². The van der Waals surface area contributed by atoms with Crippen LogP contribution in [0, 0.1) is 5.41 Å². The van der Waals surface area contributed by atoms with Gasteiger partial charge in [0.05, 0.1) is 6.61 Å². The van der Waals surface area contributed by atoms with Gasteiger partial charge in [0.25, 0.3) is 0 Å². The predicted octanol–water partition coefficient (Wildman–Crippen LogP) is 3.02. The second-order valence-corrected chi connectivity index (χ2v) is 4.24. The zero-order chi connectivity index (χ0) is 9.73. The number of para-hydroxylation sites is 1. The second kappa shape index (κ2) is 4.56. The molecule has 0 saturated heterocycles. The maximum atomic E-state index is 5.61. The third kappa shape index (κ3) is 3.73. The zero-order valence-corrected chi connectivity index (χ0v) is 9.05. The first-order valence-electron chi connectivity index (χ1n) is 4.43. The summed E-state index contributed by atoms with van der Waals surface area (Å²) in [7, 11) is 0. The van der Waals surface area contributed by atoms with Crippen molar-refractivity contribution in [2.45, 2.75) is 13.8 Å². The van der Waals surface area contributed by atoms with Gasteiger partial charge < -0.3 is 4.74 Å². The summed E-state index contributed by atoms with van der Waals surface area (Å²) < 4.78 is 5.61. The summed E-state index contributed by atoms with van der Waals surface area (Å²) in [6, 6.07) is 9.87. The minimum absolute atomic E-state index is 0.138.